The van der Waals surface area contributed by atoms with Gasteiger partial charge in [0.1, 0.15) is 28.4 Å². The van der Waals surface area contributed by atoms with Crippen molar-refractivity contribution in [2.45, 2.75) is 46.9 Å². The number of anilines is 6. The number of thiocarbonyl (C=S) groups is 1. The van der Waals surface area contributed by atoms with Crippen molar-refractivity contribution in [2.75, 3.05) is 89.6 Å². The van der Waals surface area contributed by atoms with Gasteiger partial charge < -0.3 is 52.3 Å². The van der Waals surface area contributed by atoms with Crippen molar-refractivity contribution in [3.05, 3.63) is 113 Å². The third-order valence-corrected chi connectivity index (χ3v) is 13.0. The van der Waals surface area contributed by atoms with Crippen molar-refractivity contribution in [1.29, 1.82) is 0 Å². The molecule has 0 spiro atoms. The van der Waals surface area contributed by atoms with Crippen LogP contribution in [0.15, 0.2) is 102 Å². The van der Waals surface area contributed by atoms with Crippen LogP contribution < -0.4 is 31.9 Å². The molecule has 17 nitrogen and oxygen atoms in total. The smallest absolute Gasteiger partial charge is 0.300 e. The number of ketones is 2. The average Bonchev–Trinajstić information content (AvgIpc) is 3.70. The van der Waals surface area contributed by atoms with Crippen LogP contribution in [0.25, 0.3) is 0 Å². The number of nitrogens with two attached hydrogens (primary N) is 2. The number of phenolic OH excluding ortho intramolecular Hbond substituents is 2. The fourth-order valence-corrected chi connectivity index (χ4v) is 8.92. The number of alkyl halides is 1. The largest absolute Gasteiger partial charge is 0.508 e. The number of thiazole rings is 1. The standard InChI is InChI=1S/C22H25N5O3S.C17H27N5S2.C8H7BrO2.C2H4O2.H3P/c1-14(28)26-9-11-27(12-10-26)17-7-5-16(6-8-17)24-22-25-21(23)20(31-22)19(30)15-3-2-4-18(29)13-15;1-4-24-16(18)20-17(23)19-14-5-7-15(8-6-14)22-11-9-21(10-12-22)13(2)3;9-5-8(11)6-2-1-3-7(10)4-6;1-2(3)4;/h2-8,13-14,28-29H,9-12,23H2,1H3,(H,24,25);5-8,13H,4,9-12H2,1-3H3,(H3,18,19,20,23);1-4,10H,5H2;1H3,(H,3,4);1H3. The molecule has 2 aliphatic rings. The SMILES string of the molecule is CC(=O)O.CC(O)N1CCN(c2ccc(Nc3nc(N)c(C(=O)c4cccc(O)c4)s3)cc2)CC1.CCSC(N)=NC(=S)Nc1ccc(N2CCN(C(C)C)CC2)cc1.O=C(CBr)c1cccc(O)c1.P. The number of rotatable bonds is 12. The number of hydrogen-bond acceptors (Lipinski definition) is 16. The minimum absolute atomic E-state index is 0. The van der Waals surface area contributed by atoms with Gasteiger partial charge in [-0.3, -0.25) is 24.2 Å². The molecule has 4 aromatic carbocycles. The van der Waals surface area contributed by atoms with Gasteiger partial charge in [0.15, 0.2) is 21.2 Å². The Bertz CT molecular complexity index is 2500. The molecule has 2 saturated heterocycles. The van der Waals surface area contributed by atoms with Crippen LogP contribution in [0.3, 0.4) is 0 Å². The number of amidine groups is 1. The Hall–Kier alpha value is -5.38. The number of benzene rings is 4. The number of aliphatic hydroxyl groups is 1. The zero-order chi connectivity index (χ0) is 51.3. The highest BCUT2D eigenvalue weighted by molar-refractivity contribution is 9.09. The number of halogens is 1. The Kier molecular flexibility index (Phi) is 25.7. The second kappa shape index (κ2) is 30.5. The zero-order valence-electron chi connectivity index (χ0n) is 40.6. The van der Waals surface area contributed by atoms with E-state index in [2.05, 4.69) is 82.1 Å². The minimum atomic E-state index is -0.833. The number of phenols is 2. The Morgan fingerprint density at radius 1 is 0.817 bits per heavy atom. The predicted molar refractivity (Wildman–Crippen MR) is 305 cm³/mol. The molecule has 2 fully saturated rings. The fourth-order valence-electron chi connectivity index (χ4n) is 7.00. The van der Waals surface area contributed by atoms with Crippen LogP contribution in [0.2, 0.25) is 0 Å². The second-order valence-electron chi connectivity index (χ2n) is 16.0. The maximum absolute atomic E-state index is 12.7. The monoisotopic (exact) mass is 1110 g/mol. The van der Waals surface area contributed by atoms with E-state index in [0.29, 0.717) is 37.5 Å². The number of aliphatic imine (C=N–C) groups is 1. The van der Waals surface area contributed by atoms with Gasteiger partial charge in [0.2, 0.25) is 5.78 Å². The number of carbonyl (C=O) groups is 3. The molecular weight excluding hydrogens is 1050 g/mol. The first-order valence-corrected chi connectivity index (χ1v) is 25.8. The van der Waals surface area contributed by atoms with E-state index in [4.69, 9.17) is 38.7 Å². The van der Waals surface area contributed by atoms with E-state index in [-0.39, 0.29) is 44.1 Å². The summed E-state index contributed by atoms with van der Waals surface area (Å²) in [6.45, 7) is 17.2. The van der Waals surface area contributed by atoms with Crippen LogP contribution >= 0.6 is 61.1 Å². The Labute approximate surface area is 441 Å². The number of thioether (sulfide) groups is 1. The van der Waals surface area contributed by atoms with Gasteiger partial charge in [0.05, 0.1) is 5.33 Å². The van der Waals surface area contributed by atoms with Gasteiger partial charge in [-0.15, -0.1) is 0 Å². The molecule has 22 heteroatoms. The summed E-state index contributed by atoms with van der Waals surface area (Å²) in [6, 6.07) is 29.4. The summed E-state index contributed by atoms with van der Waals surface area (Å²) >= 11 is 10.9. The number of carboxylic acids is 1. The van der Waals surface area contributed by atoms with E-state index in [9.17, 15) is 19.8 Å². The summed E-state index contributed by atoms with van der Waals surface area (Å²) in [4.78, 5) is 50.8. The van der Waals surface area contributed by atoms with E-state index in [1.165, 1.54) is 53.1 Å². The van der Waals surface area contributed by atoms with Crippen molar-refractivity contribution in [3.8, 4) is 11.5 Å². The topological polar surface area (TPSA) is 246 Å². The molecule has 7 rings (SSSR count). The van der Waals surface area contributed by atoms with Crippen LogP contribution in [0.1, 0.15) is 60.2 Å². The van der Waals surface area contributed by atoms with E-state index < -0.39 is 12.2 Å². The normalized spacial score (nSPS) is 14.2. The van der Waals surface area contributed by atoms with Crippen molar-refractivity contribution >= 4 is 123 Å². The first kappa shape index (κ1) is 59.9. The Balaban J connectivity index is 0.000000294. The first-order valence-electron chi connectivity index (χ1n) is 22.5. The molecule has 0 saturated carbocycles. The van der Waals surface area contributed by atoms with Crippen LogP contribution in [0.5, 0.6) is 11.5 Å². The quantitative estimate of drug-likeness (QED) is 0.0147. The van der Waals surface area contributed by atoms with Crippen LogP contribution in [-0.4, -0.2) is 139 Å². The number of aliphatic hydroxyl groups excluding tert-OH is 1. The molecule has 5 aromatic rings. The molecule has 1 aromatic heterocycles. The zero-order valence-corrected chi connectivity index (χ0v) is 46.1. The number of hydrogen-bond donors (Lipinski definition) is 8. The lowest BCUT2D eigenvalue weighted by Gasteiger charge is -2.38. The lowest BCUT2D eigenvalue weighted by molar-refractivity contribution is -0.134. The Morgan fingerprint density at radius 3 is 1.76 bits per heavy atom. The summed E-state index contributed by atoms with van der Waals surface area (Å²) in [5, 5.41) is 43.7. The van der Waals surface area contributed by atoms with Gasteiger partial charge >= 0.3 is 0 Å². The summed E-state index contributed by atoms with van der Waals surface area (Å²) in [5.41, 5.74) is 16.8. The molecule has 0 bridgehead atoms. The van der Waals surface area contributed by atoms with Crippen molar-refractivity contribution in [1.82, 2.24) is 14.8 Å². The molecule has 3 heterocycles. The fraction of sp³-hybridized carbons (Fsp3) is 0.347. The molecule has 0 aliphatic carbocycles. The number of nitrogens with one attached hydrogen (secondary N) is 2. The third-order valence-electron chi connectivity index (χ3n) is 10.6. The Morgan fingerprint density at radius 2 is 1.30 bits per heavy atom. The number of carbonyl (C=O) groups excluding carboxylic acids is 2. The summed E-state index contributed by atoms with van der Waals surface area (Å²) in [5.74, 6) is 0.0629. The minimum Gasteiger partial charge on any atom is -0.508 e. The van der Waals surface area contributed by atoms with Crippen LogP contribution in [0.4, 0.5) is 33.7 Å². The predicted octanol–water partition coefficient (Wildman–Crippen LogP) is 7.97. The number of aromatic hydroxyl groups is 2. The van der Waals surface area contributed by atoms with Gasteiger partial charge in [0, 0.05) is 99.2 Å². The lowest BCUT2D eigenvalue weighted by Crippen LogP contribution is -2.49. The average molecular weight is 1110 g/mol. The molecule has 0 amide bonds. The van der Waals surface area contributed by atoms with Crippen LogP contribution in [-0.2, 0) is 4.79 Å². The van der Waals surface area contributed by atoms with Crippen molar-refractivity contribution in [2.24, 2.45) is 10.7 Å². The lowest BCUT2D eigenvalue weighted by atomic mass is 10.1. The number of aromatic nitrogens is 1. The molecular formula is C49H66BrN10O7PS3. The van der Waals surface area contributed by atoms with Crippen molar-refractivity contribution < 1.29 is 34.8 Å². The number of carboxylic acid groups (broad SMARTS) is 1. The van der Waals surface area contributed by atoms with Gasteiger partial charge in [-0.25, -0.2) is 4.98 Å². The molecule has 71 heavy (non-hydrogen) atoms. The number of nitrogens with zero attached hydrogens (tertiary/aromatic N) is 6. The van der Waals surface area contributed by atoms with Crippen LogP contribution in [0, 0.1) is 0 Å². The number of aliphatic carboxylic acids is 1. The number of piperazine rings is 2. The van der Waals surface area contributed by atoms with Gasteiger partial charge in [-0.05, 0) is 112 Å². The van der Waals surface area contributed by atoms with E-state index in [1.54, 1.807) is 31.2 Å². The first-order chi connectivity index (χ1) is 33.4. The maximum Gasteiger partial charge on any atom is 0.300 e. The van der Waals surface area contributed by atoms with Gasteiger partial charge in [-0.1, -0.05) is 70.2 Å². The molecule has 2 atom stereocenters. The highest BCUT2D eigenvalue weighted by atomic mass is 79.9. The molecule has 10 N–H and O–H groups in total. The number of nitrogen functional groups attached to an aromatic ring is 1. The number of Topliss-reactive ketones (excluding diaryl/α,β-unsaturated/α-hetero) is 1. The highest BCUT2D eigenvalue weighted by Gasteiger charge is 2.22. The summed E-state index contributed by atoms with van der Waals surface area (Å²) in [7, 11) is 0. The van der Waals surface area contributed by atoms with E-state index >= 15 is 0 Å². The molecule has 384 valence electrons. The molecule has 2 unspecified atom stereocenters. The summed E-state index contributed by atoms with van der Waals surface area (Å²) in [6.07, 6.45) is -0.413. The second-order valence-corrected chi connectivity index (χ2v) is 19.3. The molecule has 0 radical (unpaired) electrons. The summed E-state index contributed by atoms with van der Waals surface area (Å²) < 4.78 is 0. The van der Waals surface area contributed by atoms with Crippen molar-refractivity contribution in [3.63, 3.8) is 0 Å². The third kappa shape index (κ3) is 20.3. The van der Waals surface area contributed by atoms with E-state index in [0.717, 1.165) is 82.1 Å². The van der Waals surface area contributed by atoms with E-state index in [1.807, 2.05) is 43.3 Å². The van der Waals surface area contributed by atoms with Gasteiger partial charge in [0.25, 0.3) is 5.97 Å². The maximum atomic E-state index is 12.7. The highest BCUT2D eigenvalue weighted by Crippen LogP contribution is 2.31. The molecule has 2 aliphatic heterocycles. The van der Waals surface area contributed by atoms with Gasteiger partial charge in [-0.2, -0.15) is 14.9 Å².